The van der Waals surface area contributed by atoms with Crippen LogP contribution >= 0.6 is 0 Å². The van der Waals surface area contributed by atoms with Crippen LogP contribution in [0.25, 0.3) is 10.9 Å². The average molecular weight is 297 g/mol. The van der Waals surface area contributed by atoms with Crippen molar-refractivity contribution in [3.63, 3.8) is 0 Å². The molecule has 114 valence electrons. The van der Waals surface area contributed by atoms with Gasteiger partial charge in [0.25, 0.3) is 0 Å². The van der Waals surface area contributed by atoms with Gasteiger partial charge < -0.3 is 9.30 Å². The first-order valence-corrected chi connectivity index (χ1v) is 7.44. The van der Waals surface area contributed by atoms with E-state index in [2.05, 4.69) is 0 Å². The first-order valence-electron chi connectivity index (χ1n) is 7.44. The summed E-state index contributed by atoms with van der Waals surface area (Å²) in [6.45, 7) is 0. The van der Waals surface area contributed by atoms with Crippen LogP contribution in [-0.4, -0.2) is 23.4 Å². The molecule has 2 unspecified atom stereocenters. The molecule has 0 aliphatic heterocycles. The number of allylic oxidation sites excluding steroid dienone is 2. The molecular weight excluding hydrogens is 278 g/mol. The second-order valence-corrected chi connectivity index (χ2v) is 5.71. The van der Waals surface area contributed by atoms with Gasteiger partial charge in [-0.15, -0.1) is 0 Å². The van der Waals surface area contributed by atoms with Crippen LogP contribution in [0.4, 0.5) is 0 Å². The number of benzene rings is 1. The van der Waals surface area contributed by atoms with Crippen LogP contribution in [0.2, 0.25) is 0 Å². The summed E-state index contributed by atoms with van der Waals surface area (Å²) in [4.78, 5) is 25.0. The zero-order chi connectivity index (χ0) is 15.7. The van der Waals surface area contributed by atoms with Crippen molar-refractivity contribution in [2.24, 2.45) is 18.9 Å². The van der Waals surface area contributed by atoms with Gasteiger partial charge in [-0.3, -0.25) is 9.59 Å². The maximum absolute atomic E-state index is 13.0. The highest BCUT2D eigenvalue weighted by Gasteiger charge is 2.36. The summed E-state index contributed by atoms with van der Waals surface area (Å²) in [6, 6.07) is 7.83. The molecule has 1 aromatic heterocycles. The molecule has 3 rings (SSSR count). The predicted octanol–water partition coefficient (Wildman–Crippen LogP) is 3.12. The molecule has 1 aliphatic rings. The van der Waals surface area contributed by atoms with Crippen LogP contribution in [0.3, 0.4) is 0 Å². The van der Waals surface area contributed by atoms with Crippen LogP contribution in [0, 0.1) is 11.8 Å². The van der Waals surface area contributed by atoms with E-state index in [9.17, 15) is 9.59 Å². The lowest BCUT2D eigenvalue weighted by Crippen LogP contribution is -2.32. The number of Topliss-reactive ketones (excluding diaryl/α,β-unsaturated/α-hetero) is 1. The number of carbonyl (C=O) groups is 2. The Balaban J connectivity index is 2.01. The molecule has 2 atom stereocenters. The van der Waals surface area contributed by atoms with Crippen LogP contribution < -0.4 is 0 Å². The Morgan fingerprint density at radius 1 is 1.14 bits per heavy atom. The fourth-order valence-corrected chi connectivity index (χ4v) is 3.25. The highest BCUT2D eigenvalue weighted by Crippen LogP contribution is 2.32. The van der Waals surface area contributed by atoms with E-state index in [-0.39, 0.29) is 23.6 Å². The Morgan fingerprint density at radius 3 is 2.55 bits per heavy atom. The number of methoxy groups -OCH3 is 1. The van der Waals surface area contributed by atoms with Crippen molar-refractivity contribution in [3.05, 3.63) is 48.2 Å². The van der Waals surface area contributed by atoms with E-state index in [4.69, 9.17) is 4.74 Å². The minimum atomic E-state index is -0.388. The van der Waals surface area contributed by atoms with E-state index in [0.717, 1.165) is 10.9 Å². The lowest BCUT2D eigenvalue weighted by atomic mass is 9.78. The lowest BCUT2D eigenvalue weighted by Gasteiger charge is -2.25. The Kier molecular flexibility index (Phi) is 3.84. The van der Waals surface area contributed by atoms with Crippen molar-refractivity contribution in [2.45, 2.75) is 12.8 Å². The molecule has 4 nitrogen and oxygen atoms in total. The summed E-state index contributed by atoms with van der Waals surface area (Å²) in [5.41, 5.74) is 1.71. The molecule has 0 fully saturated rings. The highest BCUT2D eigenvalue weighted by atomic mass is 16.5. The Labute approximate surface area is 129 Å². The van der Waals surface area contributed by atoms with Crippen molar-refractivity contribution in [2.75, 3.05) is 7.11 Å². The number of hydrogen-bond donors (Lipinski definition) is 0. The topological polar surface area (TPSA) is 48.3 Å². The number of rotatable bonds is 3. The minimum absolute atomic E-state index is 0.0246. The van der Waals surface area contributed by atoms with E-state index in [1.165, 1.54) is 7.11 Å². The van der Waals surface area contributed by atoms with E-state index >= 15 is 0 Å². The number of esters is 1. The van der Waals surface area contributed by atoms with Crippen molar-refractivity contribution in [1.82, 2.24) is 4.57 Å². The van der Waals surface area contributed by atoms with Gasteiger partial charge in [-0.05, 0) is 18.9 Å². The molecule has 1 aliphatic carbocycles. The Bertz CT molecular complexity index is 757. The molecule has 2 aromatic rings. The van der Waals surface area contributed by atoms with Gasteiger partial charge in [-0.2, -0.15) is 0 Å². The highest BCUT2D eigenvalue weighted by molar-refractivity contribution is 6.10. The third kappa shape index (κ3) is 2.34. The van der Waals surface area contributed by atoms with Crippen molar-refractivity contribution in [1.29, 1.82) is 0 Å². The predicted molar refractivity (Wildman–Crippen MR) is 84.6 cm³/mol. The van der Waals surface area contributed by atoms with E-state index in [0.29, 0.717) is 18.4 Å². The molecule has 0 amide bonds. The number of para-hydroxylation sites is 1. The molecule has 22 heavy (non-hydrogen) atoms. The molecule has 0 bridgehead atoms. The van der Waals surface area contributed by atoms with Gasteiger partial charge in [-0.25, -0.2) is 0 Å². The largest absolute Gasteiger partial charge is 0.469 e. The maximum atomic E-state index is 13.0. The van der Waals surface area contributed by atoms with Crippen LogP contribution in [0.5, 0.6) is 0 Å². The fourth-order valence-electron chi connectivity index (χ4n) is 3.25. The summed E-state index contributed by atoms with van der Waals surface area (Å²) in [5, 5.41) is 0.938. The third-order valence-corrected chi connectivity index (χ3v) is 4.44. The van der Waals surface area contributed by atoms with Gasteiger partial charge in [0.15, 0.2) is 5.78 Å². The smallest absolute Gasteiger partial charge is 0.309 e. The Morgan fingerprint density at radius 2 is 1.82 bits per heavy atom. The van der Waals surface area contributed by atoms with E-state index in [1.54, 1.807) is 0 Å². The molecule has 0 radical (unpaired) electrons. The second kappa shape index (κ2) is 5.79. The van der Waals surface area contributed by atoms with Crippen molar-refractivity contribution >= 4 is 22.7 Å². The number of hydrogen-bond acceptors (Lipinski definition) is 3. The van der Waals surface area contributed by atoms with E-state index < -0.39 is 0 Å². The molecule has 0 N–H and O–H groups in total. The first-order chi connectivity index (χ1) is 10.6. The Hall–Kier alpha value is -2.36. The number of fused-ring (bicyclic) bond motifs is 1. The van der Waals surface area contributed by atoms with Gasteiger partial charge in [0.05, 0.1) is 13.0 Å². The molecule has 4 heteroatoms. The lowest BCUT2D eigenvalue weighted by molar-refractivity contribution is -0.146. The molecule has 1 heterocycles. The maximum Gasteiger partial charge on any atom is 0.309 e. The normalized spacial score (nSPS) is 21.0. The number of aryl methyl sites for hydroxylation is 1. The number of carbonyl (C=O) groups excluding carboxylic acids is 2. The zero-order valence-electron chi connectivity index (χ0n) is 12.8. The van der Waals surface area contributed by atoms with E-state index in [1.807, 2.05) is 54.2 Å². The van der Waals surface area contributed by atoms with Crippen molar-refractivity contribution in [3.8, 4) is 0 Å². The summed E-state index contributed by atoms with van der Waals surface area (Å²) >= 11 is 0. The van der Waals surface area contributed by atoms with Gasteiger partial charge in [-0.1, -0.05) is 30.4 Å². The van der Waals surface area contributed by atoms with Gasteiger partial charge >= 0.3 is 5.97 Å². The molecule has 0 spiro atoms. The average Bonchev–Trinajstić information content (AvgIpc) is 2.91. The number of ketones is 1. The third-order valence-electron chi connectivity index (χ3n) is 4.44. The molecule has 0 saturated carbocycles. The number of ether oxygens (including phenoxy) is 1. The quantitative estimate of drug-likeness (QED) is 0.497. The van der Waals surface area contributed by atoms with Crippen LogP contribution in [0.15, 0.2) is 42.6 Å². The SMILES string of the molecule is COC(=O)C1CC=CCC1C(=O)c1cn(C)c2ccccc12. The minimum Gasteiger partial charge on any atom is -0.469 e. The zero-order valence-corrected chi connectivity index (χ0v) is 12.8. The molecule has 0 saturated heterocycles. The summed E-state index contributed by atoms with van der Waals surface area (Å²) in [7, 11) is 3.30. The molecular formula is C18H19NO3. The second-order valence-electron chi connectivity index (χ2n) is 5.71. The summed E-state index contributed by atoms with van der Waals surface area (Å²) in [5.74, 6) is -1.01. The number of aromatic nitrogens is 1. The van der Waals surface area contributed by atoms with Crippen LogP contribution in [-0.2, 0) is 16.6 Å². The van der Waals surface area contributed by atoms with Gasteiger partial charge in [0, 0.05) is 35.6 Å². The monoisotopic (exact) mass is 297 g/mol. The van der Waals surface area contributed by atoms with Gasteiger partial charge in [0.1, 0.15) is 0 Å². The van der Waals surface area contributed by atoms with Crippen LogP contribution in [0.1, 0.15) is 23.2 Å². The van der Waals surface area contributed by atoms with Crippen molar-refractivity contribution < 1.29 is 14.3 Å². The summed E-state index contributed by atoms with van der Waals surface area (Å²) < 4.78 is 6.82. The fraction of sp³-hybridized carbons (Fsp3) is 0.333. The van der Waals surface area contributed by atoms with Gasteiger partial charge in [0.2, 0.25) is 0 Å². The molecule has 1 aromatic carbocycles. The standard InChI is InChI=1S/C18H19NO3/c1-19-11-15(12-7-5-6-10-16(12)19)17(20)13-8-3-4-9-14(13)18(21)22-2/h3-7,10-11,13-14H,8-9H2,1-2H3. The first kappa shape index (κ1) is 14.6. The summed E-state index contributed by atoms with van der Waals surface area (Å²) in [6.07, 6.45) is 6.94. The number of nitrogens with zero attached hydrogens (tertiary/aromatic N) is 1.